The van der Waals surface area contributed by atoms with Crippen LogP contribution in [0.3, 0.4) is 0 Å². The Labute approximate surface area is 119 Å². The van der Waals surface area contributed by atoms with Gasteiger partial charge in [-0.25, -0.2) is 0 Å². The van der Waals surface area contributed by atoms with Gasteiger partial charge < -0.3 is 9.84 Å². The van der Waals surface area contributed by atoms with Crippen LogP contribution in [0.15, 0.2) is 18.2 Å². The molecule has 1 spiro atoms. The molecule has 3 heteroatoms. The van der Waals surface area contributed by atoms with Gasteiger partial charge in [0.15, 0.2) is 0 Å². The monoisotopic (exact) mass is 280 g/mol. The summed E-state index contributed by atoms with van der Waals surface area (Å²) in [5.41, 5.74) is 0.691. The molecule has 0 bridgehead atoms. The number of aliphatic hydroxyl groups excluding tert-OH is 1. The molecule has 1 heterocycles. The summed E-state index contributed by atoms with van der Waals surface area (Å²) in [6.07, 6.45) is 6.09. The van der Waals surface area contributed by atoms with Gasteiger partial charge in [-0.05, 0) is 43.4 Å². The topological polar surface area (TPSA) is 29.5 Å². The zero-order chi connectivity index (χ0) is 13.5. The quantitative estimate of drug-likeness (QED) is 0.821. The van der Waals surface area contributed by atoms with Gasteiger partial charge in [-0.3, -0.25) is 0 Å². The summed E-state index contributed by atoms with van der Waals surface area (Å²) in [7, 11) is 0. The van der Waals surface area contributed by atoms with Gasteiger partial charge in [0.25, 0.3) is 0 Å². The van der Waals surface area contributed by atoms with Crippen molar-refractivity contribution in [2.24, 2.45) is 5.92 Å². The van der Waals surface area contributed by atoms with E-state index in [1.165, 1.54) is 19.3 Å². The van der Waals surface area contributed by atoms with Gasteiger partial charge in [0.05, 0.1) is 6.10 Å². The van der Waals surface area contributed by atoms with Gasteiger partial charge in [0.2, 0.25) is 0 Å². The lowest BCUT2D eigenvalue weighted by Crippen LogP contribution is -2.45. The molecule has 0 aromatic heterocycles. The average molecular weight is 281 g/mol. The van der Waals surface area contributed by atoms with Crippen molar-refractivity contribution in [3.8, 4) is 5.75 Å². The summed E-state index contributed by atoms with van der Waals surface area (Å²) < 4.78 is 6.30. The van der Waals surface area contributed by atoms with E-state index in [0.717, 1.165) is 30.1 Å². The highest BCUT2D eigenvalue weighted by Crippen LogP contribution is 2.48. The molecule has 2 nitrogen and oxygen atoms in total. The molecular formula is C16H21ClO2. The second-order valence-electron chi connectivity index (χ2n) is 6.06. The van der Waals surface area contributed by atoms with E-state index in [9.17, 15) is 5.11 Å². The standard InChI is InChI=1S/C16H21ClO2/c1-2-11-4-3-7-16(9-11)10-14(18)13-8-12(17)5-6-15(13)19-16/h5-6,8,11,14,18H,2-4,7,9-10H2,1H3/t11?,14-,16?/m1/s1. The molecule has 19 heavy (non-hydrogen) atoms. The number of ether oxygens (including phenoxy) is 1. The van der Waals surface area contributed by atoms with Crippen molar-refractivity contribution in [1.29, 1.82) is 0 Å². The van der Waals surface area contributed by atoms with Crippen LogP contribution in [-0.2, 0) is 0 Å². The zero-order valence-electron chi connectivity index (χ0n) is 11.4. The van der Waals surface area contributed by atoms with Crippen LogP contribution in [0, 0.1) is 5.92 Å². The number of hydrogen-bond donors (Lipinski definition) is 1. The predicted molar refractivity (Wildman–Crippen MR) is 76.6 cm³/mol. The molecule has 3 atom stereocenters. The van der Waals surface area contributed by atoms with E-state index in [1.807, 2.05) is 18.2 Å². The molecule has 2 unspecified atom stereocenters. The molecule has 1 fully saturated rings. The summed E-state index contributed by atoms with van der Waals surface area (Å²) in [5, 5.41) is 11.1. The summed E-state index contributed by atoms with van der Waals surface area (Å²) >= 11 is 6.00. The van der Waals surface area contributed by atoms with Crippen LogP contribution in [0.2, 0.25) is 5.02 Å². The van der Waals surface area contributed by atoms with E-state index in [4.69, 9.17) is 16.3 Å². The first-order valence-electron chi connectivity index (χ1n) is 7.28. The smallest absolute Gasteiger partial charge is 0.126 e. The number of halogens is 1. The van der Waals surface area contributed by atoms with Gasteiger partial charge in [0.1, 0.15) is 11.4 Å². The second kappa shape index (κ2) is 4.99. The molecule has 1 aromatic rings. The summed E-state index contributed by atoms with van der Waals surface area (Å²) in [6.45, 7) is 2.25. The van der Waals surface area contributed by atoms with Crippen molar-refractivity contribution in [2.75, 3.05) is 0 Å². The Hall–Kier alpha value is -0.730. The molecule has 0 radical (unpaired) electrons. The largest absolute Gasteiger partial charge is 0.487 e. The first-order valence-corrected chi connectivity index (χ1v) is 7.66. The number of rotatable bonds is 1. The fraction of sp³-hybridized carbons (Fsp3) is 0.625. The van der Waals surface area contributed by atoms with Gasteiger partial charge in [-0.15, -0.1) is 0 Å². The lowest BCUT2D eigenvalue weighted by atomic mass is 9.72. The molecule has 1 saturated carbocycles. The van der Waals surface area contributed by atoms with Gasteiger partial charge >= 0.3 is 0 Å². The van der Waals surface area contributed by atoms with E-state index in [-0.39, 0.29) is 5.60 Å². The fourth-order valence-electron chi connectivity index (χ4n) is 3.68. The first-order chi connectivity index (χ1) is 9.12. The van der Waals surface area contributed by atoms with Crippen molar-refractivity contribution in [3.05, 3.63) is 28.8 Å². The maximum atomic E-state index is 10.4. The summed E-state index contributed by atoms with van der Waals surface area (Å²) in [4.78, 5) is 0. The third-order valence-electron chi connectivity index (χ3n) is 4.71. The van der Waals surface area contributed by atoms with Crippen LogP contribution in [-0.4, -0.2) is 10.7 Å². The van der Waals surface area contributed by atoms with E-state index in [1.54, 1.807) is 0 Å². The normalized spacial score (nSPS) is 33.8. The number of benzene rings is 1. The Morgan fingerprint density at radius 3 is 3.05 bits per heavy atom. The third-order valence-corrected chi connectivity index (χ3v) is 4.94. The Balaban J connectivity index is 1.89. The van der Waals surface area contributed by atoms with Crippen LogP contribution in [0.5, 0.6) is 5.75 Å². The van der Waals surface area contributed by atoms with Crippen LogP contribution in [0.4, 0.5) is 0 Å². The number of hydrogen-bond acceptors (Lipinski definition) is 2. The van der Waals surface area contributed by atoms with Crippen molar-refractivity contribution in [3.63, 3.8) is 0 Å². The molecule has 0 amide bonds. The van der Waals surface area contributed by atoms with Crippen molar-refractivity contribution in [2.45, 2.75) is 57.2 Å². The minimum Gasteiger partial charge on any atom is -0.487 e. The van der Waals surface area contributed by atoms with E-state index in [0.29, 0.717) is 11.4 Å². The highest BCUT2D eigenvalue weighted by molar-refractivity contribution is 6.30. The summed E-state index contributed by atoms with van der Waals surface area (Å²) in [5.74, 6) is 1.55. The molecular weight excluding hydrogens is 260 g/mol. The molecule has 1 N–H and O–H groups in total. The van der Waals surface area contributed by atoms with Crippen LogP contribution in [0.1, 0.15) is 57.1 Å². The minimum absolute atomic E-state index is 0.154. The number of fused-ring (bicyclic) bond motifs is 1. The Morgan fingerprint density at radius 1 is 1.42 bits per heavy atom. The predicted octanol–water partition coefficient (Wildman–Crippen LogP) is 4.49. The Kier molecular flexibility index (Phi) is 3.48. The molecule has 3 rings (SSSR count). The van der Waals surface area contributed by atoms with Crippen LogP contribution < -0.4 is 4.74 Å². The first kappa shape index (κ1) is 13.3. The van der Waals surface area contributed by atoms with Crippen molar-refractivity contribution in [1.82, 2.24) is 0 Å². The Bertz CT molecular complexity index is 474. The summed E-state index contributed by atoms with van der Waals surface area (Å²) in [6, 6.07) is 5.57. The third kappa shape index (κ3) is 2.48. The van der Waals surface area contributed by atoms with E-state index in [2.05, 4.69) is 6.92 Å². The highest BCUT2D eigenvalue weighted by atomic mass is 35.5. The molecule has 104 valence electrons. The lowest BCUT2D eigenvalue weighted by Gasteiger charge is -2.45. The fourth-order valence-corrected chi connectivity index (χ4v) is 3.86. The average Bonchev–Trinajstić information content (AvgIpc) is 2.40. The highest BCUT2D eigenvalue weighted by Gasteiger charge is 2.43. The maximum Gasteiger partial charge on any atom is 0.126 e. The van der Waals surface area contributed by atoms with E-state index < -0.39 is 6.10 Å². The molecule has 2 aliphatic rings. The van der Waals surface area contributed by atoms with Crippen LogP contribution >= 0.6 is 11.6 Å². The van der Waals surface area contributed by atoms with Crippen molar-refractivity contribution < 1.29 is 9.84 Å². The molecule has 1 aliphatic carbocycles. The molecule has 1 aliphatic heterocycles. The second-order valence-corrected chi connectivity index (χ2v) is 6.49. The van der Waals surface area contributed by atoms with Gasteiger partial charge in [-0.1, -0.05) is 31.4 Å². The zero-order valence-corrected chi connectivity index (χ0v) is 12.1. The van der Waals surface area contributed by atoms with Crippen molar-refractivity contribution >= 4 is 11.6 Å². The minimum atomic E-state index is -0.446. The SMILES string of the molecule is CCC1CCCC2(C1)C[C@@H](O)c1cc(Cl)ccc1O2. The maximum absolute atomic E-state index is 10.4. The van der Waals surface area contributed by atoms with Crippen LogP contribution in [0.25, 0.3) is 0 Å². The Morgan fingerprint density at radius 2 is 2.26 bits per heavy atom. The van der Waals surface area contributed by atoms with Gasteiger partial charge in [0, 0.05) is 17.0 Å². The van der Waals surface area contributed by atoms with E-state index >= 15 is 0 Å². The molecule has 0 saturated heterocycles. The van der Waals surface area contributed by atoms with Gasteiger partial charge in [-0.2, -0.15) is 0 Å². The lowest BCUT2D eigenvalue weighted by molar-refractivity contribution is -0.0521. The number of aliphatic hydroxyl groups is 1. The molecule has 1 aromatic carbocycles.